The smallest absolute Gasteiger partial charge is 0.0819 e. The average molecular weight is 415 g/mol. The van der Waals surface area contributed by atoms with E-state index in [9.17, 15) is 0 Å². The van der Waals surface area contributed by atoms with Gasteiger partial charge < -0.3 is 9.47 Å². The van der Waals surface area contributed by atoms with Crippen LogP contribution in [0.3, 0.4) is 0 Å². The lowest BCUT2D eigenvalue weighted by Gasteiger charge is -2.39. The van der Waals surface area contributed by atoms with Crippen LogP contribution in [0.2, 0.25) is 0 Å². The largest absolute Gasteiger partial charge is 0.360 e. The van der Waals surface area contributed by atoms with Crippen LogP contribution in [0.5, 0.6) is 0 Å². The van der Waals surface area contributed by atoms with Gasteiger partial charge in [-0.15, -0.1) is 0 Å². The summed E-state index contributed by atoms with van der Waals surface area (Å²) in [6.45, 7) is 3.15. The molecule has 156 valence electrons. The Morgan fingerprint density at radius 1 is 0.656 bits per heavy atom. The second-order valence-corrected chi connectivity index (χ2v) is 8.69. The summed E-state index contributed by atoms with van der Waals surface area (Å²) < 4.78 is 2.35. The molecule has 0 saturated carbocycles. The molecule has 0 amide bonds. The number of anilines is 1. The predicted molar refractivity (Wildman–Crippen MR) is 134 cm³/mol. The van der Waals surface area contributed by atoms with Gasteiger partial charge in [0.05, 0.1) is 11.6 Å². The molecule has 0 fully saturated rings. The van der Waals surface area contributed by atoms with Crippen molar-refractivity contribution < 1.29 is 0 Å². The first-order chi connectivity index (χ1) is 15.8. The Balaban J connectivity index is 1.60. The molecule has 4 aromatic carbocycles. The minimum atomic E-state index is 0.180. The van der Waals surface area contributed by atoms with Crippen molar-refractivity contribution in [2.75, 3.05) is 11.4 Å². The highest BCUT2D eigenvalue weighted by atomic mass is 15.2. The summed E-state index contributed by atoms with van der Waals surface area (Å²) in [5.41, 5.74) is 9.24. The highest BCUT2D eigenvalue weighted by Crippen LogP contribution is 2.42. The predicted octanol–water partition coefficient (Wildman–Crippen LogP) is 7.09. The van der Waals surface area contributed by atoms with Gasteiger partial charge in [0.15, 0.2) is 0 Å². The summed E-state index contributed by atoms with van der Waals surface area (Å²) in [4.78, 5) is 2.57. The lowest BCUT2D eigenvalue weighted by atomic mass is 9.87. The van der Waals surface area contributed by atoms with E-state index in [2.05, 4.69) is 126 Å². The maximum absolute atomic E-state index is 2.57. The van der Waals surface area contributed by atoms with Gasteiger partial charge >= 0.3 is 0 Å². The Morgan fingerprint density at radius 2 is 1.38 bits per heavy atom. The second kappa shape index (κ2) is 7.72. The number of nitrogens with zero attached hydrogens (tertiary/aromatic N) is 2. The van der Waals surface area contributed by atoms with Crippen LogP contribution in [-0.4, -0.2) is 11.1 Å². The van der Waals surface area contributed by atoms with Crippen molar-refractivity contribution in [2.24, 2.45) is 0 Å². The zero-order chi connectivity index (χ0) is 21.5. The Labute approximate surface area is 189 Å². The van der Waals surface area contributed by atoms with Crippen molar-refractivity contribution >= 4 is 16.6 Å². The van der Waals surface area contributed by atoms with Gasteiger partial charge in [-0.25, -0.2) is 0 Å². The monoisotopic (exact) mass is 414 g/mol. The van der Waals surface area contributed by atoms with Crippen LogP contribution in [0.25, 0.3) is 16.6 Å². The maximum atomic E-state index is 2.57. The lowest BCUT2D eigenvalue weighted by molar-refractivity contribution is 0.655. The molecule has 1 aliphatic heterocycles. The van der Waals surface area contributed by atoms with Gasteiger partial charge in [-0.2, -0.15) is 0 Å². The zero-order valence-corrected chi connectivity index (χ0v) is 18.3. The third-order valence-corrected chi connectivity index (χ3v) is 6.72. The molecule has 2 nitrogen and oxygen atoms in total. The van der Waals surface area contributed by atoms with Crippen LogP contribution in [0.1, 0.15) is 28.3 Å². The van der Waals surface area contributed by atoms with Gasteiger partial charge in [-0.05, 0) is 54.8 Å². The molecule has 32 heavy (non-hydrogen) atoms. The van der Waals surface area contributed by atoms with Crippen molar-refractivity contribution in [1.82, 2.24) is 4.57 Å². The van der Waals surface area contributed by atoms with Crippen LogP contribution >= 0.6 is 0 Å². The Bertz CT molecular complexity index is 1380. The molecule has 0 radical (unpaired) electrons. The van der Waals surface area contributed by atoms with Gasteiger partial charge in [0, 0.05) is 35.1 Å². The fraction of sp³-hybridized carbons (Fsp3) is 0.133. The molecular weight excluding hydrogens is 388 g/mol. The highest BCUT2D eigenvalue weighted by molar-refractivity contribution is 5.87. The molecule has 2 heterocycles. The van der Waals surface area contributed by atoms with Gasteiger partial charge in [-0.1, -0.05) is 78.4 Å². The standard InChI is InChI=1S/C30H26N2/c1-22-15-17-25(18-16-22)32-21-28(27-13-7-8-14-29(27)32)30-26-12-6-5-9-23(26)19-20-31(30)24-10-3-2-4-11-24/h2-18,21,30H,19-20H2,1H3. The quantitative estimate of drug-likeness (QED) is 0.306. The van der Waals surface area contributed by atoms with E-state index in [0.29, 0.717) is 0 Å². The van der Waals surface area contributed by atoms with Crippen molar-refractivity contribution in [3.8, 4) is 5.69 Å². The van der Waals surface area contributed by atoms with Crippen LogP contribution in [0.4, 0.5) is 5.69 Å². The van der Waals surface area contributed by atoms with E-state index in [1.165, 1.54) is 44.5 Å². The Hall–Kier alpha value is -3.78. The summed E-state index contributed by atoms with van der Waals surface area (Å²) in [5.74, 6) is 0. The molecule has 2 heteroatoms. The topological polar surface area (TPSA) is 8.17 Å². The zero-order valence-electron chi connectivity index (χ0n) is 18.3. The summed E-state index contributed by atoms with van der Waals surface area (Å²) in [7, 11) is 0. The normalized spacial score (nSPS) is 15.7. The minimum Gasteiger partial charge on any atom is -0.360 e. The second-order valence-electron chi connectivity index (χ2n) is 8.69. The molecule has 1 aromatic heterocycles. The third-order valence-electron chi connectivity index (χ3n) is 6.72. The Kier molecular flexibility index (Phi) is 4.57. The molecule has 6 rings (SSSR count). The van der Waals surface area contributed by atoms with Gasteiger partial charge in [0.2, 0.25) is 0 Å². The van der Waals surface area contributed by atoms with Crippen molar-refractivity contribution in [3.63, 3.8) is 0 Å². The van der Waals surface area contributed by atoms with E-state index >= 15 is 0 Å². The van der Waals surface area contributed by atoms with Gasteiger partial charge in [0.1, 0.15) is 0 Å². The number of hydrogen-bond donors (Lipinski definition) is 0. The van der Waals surface area contributed by atoms with E-state index in [0.717, 1.165) is 13.0 Å². The number of rotatable bonds is 3. The summed E-state index contributed by atoms with van der Waals surface area (Å²) in [5, 5.41) is 1.32. The highest BCUT2D eigenvalue weighted by Gasteiger charge is 2.31. The summed E-state index contributed by atoms with van der Waals surface area (Å²) in [6, 6.07) is 37.6. The van der Waals surface area contributed by atoms with E-state index in [4.69, 9.17) is 0 Å². The molecule has 1 aliphatic rings. The van der Waals surface area contributed by atoms with E-state index in [1.807, 2.05) is 0 Å². The summed E-state index contributed by atoms with van der Waals surface area (Å²) >= 11 is 0. The molecule has 0 N–H and O–H groups in total. The number of fused-ring (bicyclic) bond motifs is 2. The molecule has 0 aliphatic carbocycles. The van der Waals surface area contributed by atoms with Crippen molar-refractivity contribution in [3.05, 3.63) is 132 Å². The number of benzene rings is 4. The molecular formula is C30H26N2. The number of hydrogen-bond acceptors (Lipinski definition) is 1. The number of aromatic nitrogens is 1. The van der Waals surface area contributed by atoms with E-state index in [-0.39, 0.29) is 6.04 Å². The molecule has 1 unspecified atom stereocenters. The maximum Gasteiger partial charge on any atom is 0.0819 e. The van der Waals surface area contributed by atoms with Crippen LogP contribution in [0, 0.1) is 6.92 Å². The van der Waals surface area contributed by atoms with Crippen LogP contribution in [0.15, 0.2) is 109 Å². The first-order valence-electron chi connectivity index (χ1n) is 11.4. The average Bonchev–Trinajstić information content (AvgIpc) is 3.24. The number of para-hydroxylation sites is 2. The fourth-order valence-corrected chi connectivity index (χ4v) is 5.14. The SMILES string of the molecule is Cc1ccc(-n2cc(C3c4ccccc4CCN3c3ccccc3)c3ccccc32)cc1. The molecule has 1 atom stereocenters. The van der Waals surface area contributed by atoms with Crippen molar-refractivity contribution in [2.45, 2.75) is 19.4 Å². The van der Waals surface area contributed by atoms with E-state index in [1.54, 1.807) is 0 Å². The Morgan fingerprint density at radius 3 is 2.22 bits per heavy atom. The van der Waals surface area contributed by atoms with Crippen LogP contribution < -0.4 is 4.90 Å². The molecule has 0 spiro atoms. The summed E-state index contributed by atoms with van der Waals surface area (Å²) in [6.07, 6.45) is 3.43. The fourth-order valence-electron chi connectivity index (χ4n) is 5.14. The van der Waals surface area contributed by atoms with Gasteiger partial charge in [-0.3, -0.25) is 0 Å². The van der Waals surface area contributed by atoms with Gasteiger partial charge in [0.25, 0.3) is 0 Å². The van der Waals surface area contributed by atoms with Crippen molar-refractivity contribution in [1.29, 1.82) is 0 Å². The number of aryl methyl sites for hydroxylation is 1. The molecule has 5 aromatic rings. The lowest BCUT2D eigenvalue weighted by Crippen LogP contribution is -2.36. The third kappa shape index (κ3) is 3.11. The molecule has 0 bridgehead atoms. The van der Waals surface area contributed by atoms with E-state index < -0.39 is 0 Å². The molecule has 0 saturated heterocycles. The minimum absolute atomic E-state index is 0.180. The van der Waals surface area contributed by atoms with Crippen LogP contribution in [-0.2, 0) is 6.42 Å². The first-order valence-corrected chi connectivity index (χ1v) is 11.4. The first kappa shape index (κ1) is 18.9.